The van der Waals surface area contributed by atoms with Crippen molar-refractivity contribution in [1.29, 1.82) is 0 Å². The summed E-state index contributed by atoms with van der Waals surface area (Å²) in [7, 11) is 0. The second-order valence-electron chi connectivity index (χ2n) is 5.17. The highest BCUT2D eigenvalue weighted by Crippen LogP contribution is 2.30. The van der Waals surface area contributed by atoms with Crippen LogP contribution in [0.3, 0.4) is 0 Å². The van der Waals surface area contributed by atoms with E-state index in [-0.39, 0.29) is 22.6 Å². The maximum Gasteiger partial charge on any atom is 0.269 e. The standard InChI is InChI=1S/C17H17ClN2O3S/c1-12(13-6-4-7-15(9-13)20(22)23)24-11-17(21)19-10-14-5-2-3-8-16(14)18/h2-9,12H,10-11H2,1H3,(H,19,21)/t12-/m1/s1. The SMILES string of the molecule is C[C@@H](SCC(=O)NCc1ccccc1Cl)c1cccc([N+](=O)[O-])c1. The van der Waals surface area contributed by atoms with Gasteiger partial charge in [0.1, 0.15) is 0 Å². The van der Waals surface area contributed by atoms with E-state index in [1.54, 1.807) is 18.2 Å². The molecule has 24 heavy (non-hydrogen) atoms. The topological polar surface area (TPSA) is 72.2 Å². The number of halogens is 1. The molecule has 0 spiro atoms. The lowest BCUT2D eigenvalue weighted by atomic mass is 10.1. The molecule has 0 saturated carbocycles. The van der Waals surface area contributed by atoms with Crippen LogP contribution in [0.2, 0.25) is 5.02 Å². The summed E-state index contributed by atoms with van der Waals surface area (Å²) in [5.74, 6) is 0.172. The molecule has 0 aliphatic carbocycles. The molecule has 0 bridgehead atoms. The maximum absolute atomic E-state index is 12.0. The zero-order chi connectivity index (χ0) is 17.5. The molecule has 5 nitrogen and oxygen atoms in total. The van der Waals surface area contributed by atoms with E-state index in [1.165, 1.54) is 17.8 Å². The Balaban J connectivity index is 1.84. The van der Waals surface area contributed by atoms with E-state index in [0.717, 1.165) is 11.1 Å². The van der Waals surface area contributed by atoms with Gasteiger partial charge in [0.2, 0.25) is 5.91 Å². The summed E-state index contributed by atoms with van der Waals surface area (Å²) < 4.78 is 0. The Labute approximate surface area is 149 Å². The van der Waals surface area contributed by atoms with Crippen LogP contribution in [-0.4, -0.2) is 16.6 Å². The Hall–Kier alpha value is -2.05. The summed E-state index contributed by atoms with van der Waals surface area (Å²) in [5.41, 5.74) is 1.75. The molecular weight excluding hydrogens is 348 g/mol. The highest BCUT2D eigenvalue weighted by molar-refractivity contribution is 8.00. The number of nitro groups is 1. The van der Waals surface area contributed by atoms with Crippen LogP contribution in [0.4, 0.5) is 5.69 Å². The number of benzene rings is 2. The molecule has 0 unspecified atom stereocenters. The Morgan fingerprint density at radius 3 is 2.75 bits per heavy atom. The molecule has 2 rings (SSSR count). The van der Waals surface area contributed by atoms with Gasteiger partial charge in [-0.25, -0.2) is 0 Å². The van der Waals surface area contributed by atoms with E-state index in [9.17, 15) is 14.9 Å². The highest BCUT2D eigenvalue weighted by atomic mass is 35.5. The average molecular weight is 365 g/mol. The second kappa shape index (κ2) is 8.70. The molecule has 2 aromatic carbocycles. The molecule has 0 fully saturated rings. The number of nitro benzene ring substituents is 1. The van der Waals surface area contributed by atoms with Gasteiger partial charge in [0.05, 0.1) is 10.7 Å². The van der Waals surface area contributed by atoms with E-state index >= 15 is 0 Å². The first-order valence-corrected chi connectivity index (χ1v) is 8.76. The number of non-ortho nitro benzene ring substituents is 1. The molecule has 0 heterocycles. The molecular formula is C17H17ClN2O3S. The summed E-state index contributed by atoms with van der Waals surface area (Å²) in [6, 6.07) is 13.8. The van der Waals surface area contributed by atoms with Crippen molar-refractivity contribution >= 4 is 35.0 Å². The minimum atomic E-state index is -0.419. The maximum atomic E-state index is 12.0. The number of nitrogens with zero attached hydrogens (tertiary/aromatic N) is 1. The quantitative estimate of drug-likeness (QED) is 0.585. The lowest BCUT2D eigenvalue weighted by Gasteiger charge is -2.12. The summed E-state index contributed by atoms with van der Waals surface area (Å²) in [6.07, 6.45) is 0. The predicted molar refractivity (Wildman–Crippen MR) is 97.3 cm³/mol. The van der Waals surface area contributed by atoms with Gasteiger partial charge in [-0.05, 0) is 24.1 Å². The molecule has 1 amide bonds. The van der Waals surface area contributed by atoms with Crippen LogP contribution in [0, 0.1) is 10.1 Å². The van der Waals surface area contributed by atoms with E-state index in [1.807, 2.05) is 31.2 Å². The fraction of sp³-hybridized carbons (Fsp3) is 0.235. The Morgan fingerprint density at radius 1 is 1.29 bits per heavy atom. The third-order valence-corrected chi connectivity index (χ3v) is 5.02. The Kier molecular flexibility index (Phi) is 6.63. The Bertz CT molecular complexity index is 739. The number of rotatable bonds is 7. The summed E-state index contributed by atoms with van der Waals surface area (Å²) >= 11 is 7.47. The number of hydrogen-bond acceptors (Lipinski definition) is 4. The van der Waals surface area contributed by atoms with Gasteiger partial charge in [-0.3, -0.25) is 14.9 Å². The molecule has 7 heteroatoms. The van der Waals surface area contributed by atoms with E-state index < -0.39 is 4.92 Å². The molecule has 2 aromatic rings. The molecule has 0 aliphatic heterocycles. The molecule has 0 aliphatic rings. The monoisotopic (exact) mass is 364 g/mol. The first-order chi connectivity index (χ1) is 11.5. The van der Waals surface area contributed by atoms with Gasteiger partial charge >= 0.3 is 0 Å². The van der Waals surface area contributed by atoms with Crippen molar-refractivity contribution in [2.75, 3.05) is 5.75 Å². The first kappa shape index (κ1) is 18.3. The number of carbonyl (C=O) groups excluding carboxylic acids is 1. The van der Waals surface area contributed by atoms with Crippen molar-refractivity contribution in [3.05, 3.63) is 74.8 Å². The van der Waals surface area contributed by atoms with Gasteiger partial charge in [-0.15, -0.1) is 11.8 Å². The average Bonchev–Trinajstić information content (AvgIpc) is 2.59. The molecule has 0 saturated heterocycles. The molecule has 0 radical (unpaired) electrons. The lowest BCUT2D eigenvalue weighted by molar-refractivity contribution is -0.384. The number of amides is 1. The normalized spacial score (nSPS) is 11.8. The van der Waals surface area contributed by atoms with E-state index in [2.05, 4.69) is 5.32 Å². The number of carbonyl (C=O) groups is 1. The zero-order valence-electron chi connectivity index (χ0n) is 13.1. The summed E-state index contributed by atoms with van der Waals surface area (Å²) in [6.45, 7) is 2.30. The van der Waals surface area contributed by atoms with Crippen LogP contribution in [0.5, 0.6) is 0 Å². The minimum absolute atomic E-state index is 0.0176. The number of nitrogens with one attached hydrogen (secondary N) is 1. The number of hydrogen-bond donors (Lipinski definition) is 1. The Morgan fingerprint density at radius 2 is 2.04 bits per heavy atom. The van der Waals surface area contributed by atoms with Crippen LogP contribution >= 0.6 is 23.4 Å². The zero-order valence-corrected chi connectivity index (χ0v) is 14.6. The van der Waals surface area contributed by atoms with Crippen molar-refractivity contribution < 1.29 is 9.72 Å². The van der Waals surface area contributed by atoms with Crippen molar-refractivity contribution in [3.63, 3.8) is 0 Å². The van der Waals surface area contributed by atoms with Gasteiger partial charge in [0.15, 0.2) is 0 Å². The van der Waals surface area contributed by atoms with Crippen molar-refractivity contribution in [2.45, 2.75) is 18.7 Å². The van der Waals surface area contributed by atoms with Crippen LogP contribution in [0.15, 0.2) is 48.5 Å². The number of thioether (sulfide) groups is 1. The fourth-order valence-corrected chi connectivity index (χ4v) is 3.12. The third-order valence-electron chi connectivity index (χ3n) is 3.45. The third kappa shape index (κ3) is 5.25. The van der Waals surface area contributed by atoms with Crippen molar-refractivity contribution in [2.24, 2.45) is 0 Å². The largest absolute Gasteiger partial charge is 0.351 e. The lowest BCUT2D eigenvalue weighted by Crippen LogP contribution is -2.25. The van der Waals surface area contributed by atoms with Gasteiger partial charge in [0.25, 0.3) is 5.69 Å². The van der Waals surface area contributed by atoms with Gasteiger partial charge < -0.3 is 5.32 Å². The summed E-state index contributed by atoms with van der Waals surface area (Å²) in [5, 5.41) is 14.2. The molecule has 1 atom stereocenters. The van der Waals surface area contributed by atoms with E-state index in [4.69, 9.17) is 11.6 Å². The fourth-order valence-electron chi connectivity index (χ4n) is 2.07. The molecule has 1 N–H and O–H groups in total. The highest BCUT2D eigenvalue weighted by Gasteiger charge is 2.13. The smallest absolute Gasteiger partial charge is 0.269 e. The summed E-state index contributed by atoms with van der Waals surface area (Å²) in [4.78, 5) is 22.3. The first-order valence-electron chi connectivity index (χ1n) is 7.33. The predicted octanol–water partition coefficient (Wildman–Crippen LogP) is 4.36. The van der Waals surface area contributed by atoms with Crippen LogP contribution in [-0.2, 0) is 11.3 Å². The van der Waals surface area contributed by atoms with Crippen LogP contribution in [0.1, 0.15) is 23.3 Å². The second-order valence-corrected chi connectivity index (χ2v) is 6.91. The van der Waals surface area contributed by atoms with Crippen molar-refractivity contribution in [3.8, 4) is 0 Å². The van der Waals surface area contributed by atoms with Crippen molar-refractivity contribution in [1.82, 2.24) is 5.32 Å². The molecule has 0 aromatic heterocycles. The van der Waals surface area contributed by atoms with Gasteiger partial charge in [0, 0.05) is 29.0 Å². The van der Waals surface area contributed by atoms with Gasteiger partial charge in [-0.1, -0.05) is 41.9 Å². The minimum Gasteiger partial charge on any atom is -0.351 e. The van der Waals surface area contributed by atoms with Gasteiger partial charge in [-0.2, -0.15) is 0 Å². The van der Waals surface area contributed by atoms with E-state index in [0.29, 0.717) is 11.6 Å². The van der Waals surface area contributed by atoms with Crippen LogP contribution < -0.4 is 5.32 Å². The van der Waals surface area contributed by atoms with Crippen LogP contribution in [0.25, 0.3) is 0 Å². The molecule has 126 valence electrons.